The van der Waals surface area contributed by atoms with E-state index in [-0.39, 0.29) is 18.2 Å². The highest BCUT2D eigenvalue weighted by molar-refractivity contribution is 7.20. The lowest BCUT2D eigenvalue weighted by Gasteiger charge is -2.25. The highest BCUT2D eigenvalue weighted by atomic mass is 32.1. The minimum Gasteiger partial charge on any atom is -0.493 e. The maximum atomic E-state index is 12.7. The topological polar surface area (TPSA) is 78.3 Å². The first kappa shape index (κ1) is 19.3. The molecule has 1 aliphatic heterocycles. The van der Waals surface area contributed by atoms with Crippen LogP contribution in [0.3, 0.4) is 0 Å². The number of methoxy groups -OCH3 is 1. The van der Waals surface area contributed by atoms with Crippen LogP contribution in [0.4, 0.5) is 5.82 Å². The van der Waals surface area contributed by atoms with Gasteiger partial charge < -0.3 is 14.8 Å². The van der Waals surface area contributed by atoms with Gasteiger partial charge in [0, 0.05) is 23.5 Å². The molecular formula is C23H20N4O3S. The largest absolute Gasteiger partial charge is 0.493 e. The number of benzene rings is 2. The third-order valence-electron chi connectivity index (χ3n) is 5.23. The molecule has 7 nitrogen and oxygen atoms in total. The summed E-state index contributed by atoms with van der Waals surface area (Å²) in [5, 5.41) is 8.26. The lowest BCUT2D eigenvalue weighted by atomic mass is 9.86. The molecule has 0 spiro atoms. The number of carbonyl (C=O) groups excluding carboxylic acids is 1. The molecule has 2 aromatic heterocycles. The zero-order valence-electron chi connectivity index (χ0n) is 16.9. The molecule has 1 atom stereocenters. The van der Waals surface area contributed by atoms with E-state index in [0.29, 0.717) is 29.1 Å². The van der Waals surface area contributed by atoms with Crippen molar-refractivity contribution in [2.75, 3.05) is 19.0 Å². The van der Waals surface area contributed by atoms with Crippen molar-refractivity contribution in [3.8, 4) is 16.6 Å². The van der Waals surface area contributed by atoms with Crippen LogP contribution in [0.25, 0.3) is 15.3 Å². The number of amides is 1. The average molecular weight is 433 g/mol. The molecule has 0 unspecified atom stereocenters. The summed E-state index contributed by atoms with van der Waals surface area (Å²) in [4.78, 5) is 17.4. The molecule has 0 aliphatic carbocycles. The van der Waals surface area contributed by atoms with Gasteiger partial charge in [-0.05, 0) is 18.2 Å². The van der Waals surface area contributed by atoms with Gasteiger partial charge in [0.1, 0.15) is 12.4 Å². The predicted octanol–water partition coefficient (Wildman–Crippen LogP) is 4.53. The van der Waals surface area contributed by atoms with Gasteiger partial charge in [-0.3, -0.25) is 4.79 Å². The molecule has 0 fully saturated rings. The quantitative estimate of drug-likeness (QED) is 0.453. The van der Waals surface area contributed by atoms with E-state index in [2.05, 4.69) is 22.0 Å². The van der Waals surface area contributed by atoms with Crippen LogP contribution in [0.2, 0.25) is 0 Å². The van der Waals surface area contributed by atoms with Crippen LogP contribution in [0, 0.1) is 0 Å². The Kier molecular flexibility index (Phi) is 4.91. The molecule has 1 amide bonds. The molecule has 0 radical (unpaired) electrons. The van der Waals surface area contributed by atoms with E-state index in [1.165, 1.54) is 11.3 Å². The van der Waals surface area contributed by atoms with Crippen molar-refractivity contribution in [1.82, 2.24) is 14.8 Å². The number of ether oxygens (including phenoxy) is 2. The Morgan fingerprint density at radius 3 is 2.94 bits per heavy atom. The van der Waals surface area contributed by atoms with Crippen molar-refractivity contribution in [3.63, 3.8) is 0 Å². The van der Waals surface area contributed by atoms with Crippen LogP contribution in [0.1, 0.15) is 23.5 Å². The highest BCUT2D eigenvalue weighted by Crippen LogP contribution is 2.44. The summed E-state index contributed by atoms with van der Waals surface area (Å²) in [6.07, 6.45) is 3.76. The molecule has 2 aromatic carbocycles. The third-order valence-corrected chi connectivity index (χ3v) is 6.25. The Hall–Kier alpha value is -3.65. The van der Waals surface area contributed by atoms with Gasteiger partial charge in [0.2, 0.25) is 11.0 Å². The number of anilines is 1. The molecule has 5 rings (SSSR count). The van der Waals surface area contributed by atoms with Gasteiger partial charge in [-0.15, -0.1) is 0 Å². The summed E-state index contributed by atoms with van der Waals surface area (Å²) in [5.74, 6) is 1.56. The summed E-state index contributed by atoms with van der Waals surface area (Å²) in [7, 11) is 1.60. The van der Waals surface area contributed by atoms with Crippen LogP contribution in [0.5, 0.6) is 11.5 Å². The summed E-state index contributed by atoms with van der Waals surface area (Å²) in [6, 6.07) is 13.6. The summed E-state index contributed by atoms with van der Waals surface area (Å²) < 4.78 is 14.2. The number of rotatable bonds is 6. The number of para-hydroxylation sites is 2. The Labute approximate surface area is 182 Å². The molecule has 3 heterocycles. The molecule has 4 aromatic rings. The minimum absolute atomic E-state index is 0.0853. The molecule has 0 saturated carbocycles. The van der Waals surface area contributed by atoms with Gasteiger partial charge in [0.15, 0.2) is 11.5 Å². The van der Waals surface area contributed by atoms with Crippen molar-refractivity contribution in [2.45, 2.75) is 12.3 Å². The Morgan fingerprint density at radius 2 is 2.13 bits per heavy atom. The smallest absolute Gasteiger partial charge is 0.226 e. The number of hydrogen-bond acceptors (Lipinski definition) is 6. The zero-order chi connectivity index (χ0) is 21.4. The number of carbonyl (C=O) groups is 1. The standard InChI is InChI=1S/C23H20N4O3S/c1-3-11-30-21-14(7-6-9-18(21)29-2)15-12-20(28)26-22-16(15)13-24-27(22)23-25-17-8-4-5-10-19(17)31-23/h3-10,13,15H,1,11-12H2,2H3,(H,26,28)/t15-/m0/s1. The molecule has 1 aliphatic rings. The van der Waals surface area contributed by atoms with Gasteiger partial charge in [-0.1, -0.05) is 48.3 Å². The van der Waals surface area contributed by atoms with E-state index < -0.39 is 0 Å². The van der Waals surface area contributed by atoms with Gasteiger partial charge in [-0.2, -0.15) is 9.78 Å². The lowest BCUT2D eigenvalue weighted by Crippen LogP contribution is -2.25. The minimum atomic E-state index is -0.221. The Bertz CT molecular complexity index is 1260. The zero-order valence-corrected chi connectivity index (χ0v) is 17.7. The fourth-order valence-corrected chi connectivity index (χ4v) is 4.79. The second-order valence-corrected chi connectivity index (χ2v) is 8.12. The number of thiazole rings is 1. The van der Waals surface area contributed by atoms with Gasteiger partial charge in [0.05, 0.1) is 23.5 Å². The second kappa shape index (κ2) is 7.88. The van der Waals surface area contributed by atoms with Gasteiger partial charge >= 0.3 is 0 Å². The molecule has 0 bridgehead atoms. The fraction of sp³-hybridized carbons (Fsp3) is 0.174. The van der Waals surface area contributed by atoms with E-state index in [1.54, 1.807) is 24.1 Å². The monoisotopic (exact) mass is 432 g/mol. The van der Waals surface area contributed by atoms with Crippen LogP contribution in [0.15, 0.2) is 61.3 Å². The van der Waals surface area contributed by atoms with Crippen LogP contribution in [-0.2, 0) is 4.79 Å². The third kappa shape index (κ3) is 3.34. The molecule has 31 heavy (non-hydrogen) atoms. The summed E-state index contributed by atoms with van der Waals surface area (Å²) in [5.41, 5.74) is 2.69. The van der Waals surface area contributed by atoms with Crippen LogP contribution < -0.4 is 14.8 Å². The molecule has 1 N–H and O–H groups in total. The molecule has 0 saturated heterocycles. The highest BCUT2D eigenvalue weighted by Gasteiger charge is 2.33. The first-order valence-electron chi connectivity index (χ1n) is 9.84. The lowest BCUT2D eigenvalue weighted by molar-refractivity contribution is -0.116. The molecule has 8 heteroatoms. The summed E-state index contributed by atoms with van der Waals surface area (Å²) in [6.45, 7) is 4.06. The summed E-state index contributed by atoms with van der Waals surface area (Å²) >= 11 is 1.53. The second-order valence-electron chi connectivity index (χ2n) is 7.11. The number of fused-ring (bicyclic) bond motifs is 2. The van der Waals surface area contributed by atoms with Crippen LogP contribution in [-0.4, -0.2) is 34.4 Å². The number of aromatic nitrogens is 3. The Balaban J connectivity index is 1.62. The number of nitrogens with one attached hydrogen (secondary N) is 1. The number of hydrogen-bond donors (Lipinski definition) is 1. The van der Waals surface area contributed by atoms with Crippen molar-refractivity contribution in [2.24, 2.45) is 0 Å². The van der Waals surface area contributed by atoms with Crippen molar-refractivity contribution < 1.29 is 14.3 Å². The molecule has 156 valence electrons. The van der Waals surface area contributed by atoms with E-state index >= 15 is 0 Å². The first-order chi connectivity index (χ1) is 15.2. The normalized spacial score (nSPS) is 15.4. The number of nitrogens with zero attached hydrogens (tertiary/aromatic N) is 3. The van der Waals surface area contributed by atoms with Crippen LogP contribution >= 0.6 is 11.3 Å². The maximum absolute atomic E-state index is 12.7. The van der Waals surface area contributed by atoms with Gasteiger partial charge in [0.25, 0.3) is 0 Å². The maximum Gasteiger partial charge on any atom is 0.226 e. The molecular weight excluding hydrogens is 412 g/mol. The first-order valence-corrected chi connectivity index (χ1v) is 10.7. The fourth-order valence-electron chi connectivity index (χ4n) is 3.86. The van der Waals surface area contributed by atoms with E-state index in [4.69, 9.17) is 9.47 Å². The van der Waals surface area contributed by atoms with E-state index in [0.717, 1.165) is 21.3 Å². The van der Waals surface area contributed by atoms with Crippen molar-refractivity contribution >= 4 is 33.3 Å². The van der Waals surface area contributed by atoms with E-state index in [1.807, 2.05) is 42.5 Å². The van der Waals surface area contributed by atoms with Crippen molar-refractivity contribution in [3.05, 3.63) is 72.4 Å². The van der Waals surface area contributed by atoms with Gasteiger partial charge in [-0.25, -0.2) is 4.98 Å². The predicted molar refractivity (Wildman–Crippen MR) is 121 cm³/mol. The van der Waals surface area contributed by atoms with E-state index in [9.17, 15) is 4.79 Å². The SMILES string of the molecule is C=CCOc1c(OC)cccc1[C@@H]1CC(=O)Nc2c1cnn2-c1nc2ccccc2s1. The average Bonchev–Trinajstić information content (AvgIpc) is 3.40. The Morgan fingerprint density at radius 1 is 1.26 bits per heavy atom. The van der Waals surface area contributed by atoms with Crippen molar-refractivity contribution in [1.29, 1.82) is 0 Å².